The van der Waals surface area contributed by atoms with Crippen molar-refractivity contribution >= 4 is 34.2 Å². The van der Waals surface area contributed by atoms with Crippen molar-refractivity contribution in [2.75, 3.05) is 11.9 Å². The van der Waals surface area contributed by atoms with Crippen LogP contribution in [0.15, 0.2) is 42.5 Å². The largest absolute Gasteiger partial charge is 0.309 e. The van der Waals surface area contributed by atoms with Crippen molar-refractivity contribution in [1.29, 1.82) is 0 Å². The third kappa shape index (κ3) is 2.91. The molecule has 0 heterocycles. The zero-order chi connectivity index (χ0) is 14.0. The van der Waals surface area contributed by atoms with Gasteiger partial charge < -0.3 is 4.90 Å². The molecule has 0 bridgehead atoms. The minimum Gasteiger partial charge on any atom is -0.309 e. The number of hydrogen-bond acceptors (Lipinski definition) is 1. The molecule has 0 N–H and O–H groups in total. The van der Waals surface area contributed by atoms with Crippen LogP contribution >= 0.6 is 22.6 Å². The highest BCUT2D eigenvalue weighted by Crippen LogP contribution is 2.22. The third-order valence-corrected chi connectivity index (χ3v) is 3.57. The number of halogens is 3. The van der Waals surface area contributed by atoms with E-state index in [9.17, 15) is 13.6 Å². The van der Waals surface area contributed by atoms with E-state index in [0.29, 0.717) is 9.13 Å². The van der Waals surface area contributed by atoms with Gasteiger partial charge in [-0.2, -0.15) is 0 Å². The summed E-state index contributed by atoms with van der Waals surface area (Å²) in [4.78, 5) is 13.5. The number of anilines is 1. The first-order chi connectivity index (χ1) is 9.00. The second-order valence-electron chi connectivity index (χ2n) is 3.94. The summed E-state index contributed by atoms with van der Waals surface area (Å²) >= 11 is 1.88. The molecule has 0 aromatic heterocycles. The van der Waals surface area contributed by atoms with Crippen LogP contribution in [-0.2, 0) is 0 Å². The first kappa shape index (κ1) is 13.9. The fourth-order valence-corrected chi connectivity index (χ4v) is 2.38. The van der Waals surface area contributed by atoms with Crippen molar-refractivity contribution in [1.82, 2.24) is 0 Å². The Morgan fingerprint density at radius 3 is 2.47 bits per heavy atom. The monoisotopic (exact) mass is 373 g/mol. The lowest BCUT2D eigenvalue weighted by Gasteiger charge is -2.18. The third-order valence-electron chi connectivity index (χ3n) is 2.68. The summed E-state index contributed by atoms with van der Waals surface area (Å²) < 4.78 is 27.1. The van der Waals surface area contributed by atoms with Crippen molar-refractivity contribution in [3.05, 3.63) is 63.2 Å². The SMILES string of the molecule is CN(C(=O)c1ccc(F)cc1I)c1ccccc1F. The lowest BCUT2D eigenvalue weighted by atomic mass is 10.2. The Hall–Kier alpha value is -1.50. The molecule has 0 saturated carbocycles. The highest BCUT2D eigenvalue weighted by atomic mass is 127. The van der Waals surface area contributed by atoms with E-state index < -0.39 is 11.6 Å². The second kappa shape index (κ2) is 5.64. The van der Waals surface area contributed by atoms with Crippen molar-refractivity contribution in [2.45, 2.75) is 0 Å². The van der Waals surface area contributed by atoms with E-state index in [1.165, 1.54) is 42.3 Å². The van der Waals surface area contributed by atoms with E-state index in [-0.39, 0.29) is 11.6 Å². The van der Waals surface area contributed by atoms with Crippen molar-refractivity contribution < 1.29 is 13.6 Å². The zero-order valence-electron chi connectivity index (χ0n) is 10.0. The Morgan fingerprint density at radius 2 is 1.84 bits per heavy atom. The Kier molecular flexibility index (Phi) is 4.14. The van der Waals surface area contributed by atoms with Gasteiger partial charge in [0.05, 0.1) is 11.3 Å². The predicted octanol–water partition coefficient (Wildman–Crippen LogP) is 3.85. The Bertz CT molecular complexity index is 631. The maximum atomic E-state index is 13.6. The molecule has 2 nitrogen and oxygen atoms in total. The quantitative estimate of drug-likeness (QED) is 0.733. The van der Waals surface area contributed by atoms with Gasteiger partial charge >= 0.3 is 0 Å². The zero-order valence-corrected chi connectivity index (χ0v) is 12.2. The molecule has 0 saturated heterocycles. The minimum atomic E-state index is -0.476. The number of para-hydroxylation sites is 1. The maximum absolute atomic E-state index is 13.6. The molecule has 0 aliphatic carbocycles. The first-order valence-corrected chi connectivity index (χ1v) is 6.56. The van der Waals surface area contributed by atoms with Crippen molar-refractivity contribution in [2.24, 2.45) is 0 Å². The van der Waals surface area contributed by atoms with Crippen LogP contribution in [0.1, 0.15) is 10.4 Å². The van der Waals surface area contributed by atoms with Crippen LogP contribution in [-0.4, -0.2) is 13.0 Å². The number of carbonyl (C=O) groups excluding carboxylic acids is 1. The Labute approximate surface area is 123 Å². The predicted molar refractivity (Wildman–Crippen MR) is 78.3 cm³/mol. The number of carbonyl (C=O) groups is 1. The second-order valence-corrected chi connectivity index (χ2v) is 5.10. The van der Waals surface area contributed by atoms with Gasteiger partial charge in [0.25, 0.3) is 5.91 Å². The smallest absolute Gasteiger partial charge is 0.259 e. The summed E-state index contributed by atoms with van der Waals surface area (Å²) in [5, 5.41) is 0. The van der Waals surface area contributed by atoms with Crippen LogP contribution < -0.4 is 4.90 Å². The molecule has 19 heavy (non-hydrogen) atoms. The standard InChI is InChI=1S/C14H10F2INO/c1-18(13-5-3-2-4-11(13)16)14(19)10-7-6-9(15)8-12(10)17/h2-8H,1H3. The molecular formula is C14H10F2INO. The van der Waals surface area contributed by atoms with Gasteiger partial charge in [-0.3, -0.25) is 4.79 Å². The van der Waals surface area contributed by atoms with Crippen LogP contribution in [0.4, 0.5) is 14.5 Å². The molecule has 0 spiro atoms. The molecule has 2 aromatic rings. The molecule has 2 aromatic carbocycles. The minimum absolute atomic E-state index is 0.188. The van der Waals surface area contributed by atoms with Gasteiger partial charge in [0, 0.05) is 10.6 Å². The molecule has 0 atom stereocenters. The lowest BCUT2D eigenvalue weighted by Crippen LogP contribution is -2.27. The average Bonchev–Trinajstić information content (AvgIpc) is 2.38. The molecule has 5 heteroatoms. The van der Waals surface area contributed by atoms with E-state index in [2.05, 4.69) is 0 Å². The van der Waals surface area contributed by atoms with Gasteiger partial charge in [0.2, 0.25) is 0 Å². The van der Waals surface area contributed by atoms with Gasteiger partial charge in [0.1, 0.15) is 11.6 Å². The molecule has 1 amide bonds. The van der Waals surface area contributed by atoms with Crippen molar-refractivity contribution in [3.63, 3.8) is 0 Å². The van der Waals surface area contributed by atoms with E-state index in [4.69, 9.17) is 0 Å². The van der Waals surface area contributed by atoms with Gasteiger partial charge in [-0.05, 0) is 52.9 Å². The van der Waals surface area contributed by atoms with Gasteiger partial charge in [0.15, 0.2) is 0 Å². The van der Waals surface area contributed by atoms with Crippen LogP contribution in [0, 0.1) is 15.2 Å². The summed E-state index contributed by atoms with van der Waals surface area (Å²) in [6, 6.07) is 9.89. The average molecular weight is 373 g/mol. The van der Waals surface area contributed by atoms with Gasteiger partial charge in [-0.25, -0.2) is 8.78 Å². The molecule has 98 valence electrons. The molecule has 0 aliphatic heterocycles. The van der Waals surface area contributed by atoms with E-state index in [1.807, 2.05) is 22.6 Å². The van der Waals surface area contributed by atoms with Crippen LogP contribution in [0.5, 0.6) is 0 Å². The summed E-state index contributed by atoms with van der Waals surface area (Å²) in [6.45, 7) is 0. The van der Waals surface area contributed by atoms with Crippen LogP contribution in [0.3, 0.4) is 0 Å². The van der Waals surface area contributed by atoms with Crippen molar-refractivity contribution in [3.8, 4) is 0 Å². The molecule has 0 fully saturated rings. The summed E-state index contributed by atoms with van der Waals surface area (Å²) in [7, 11) is 1.49. The normalized spacial score (nSPS) is 10.3. The number of benzene rings is 2. The van der Waals surface area contributed by atoms with Gasteiger partial charge in [-0.1, -0.05) is 12.1 Å². The molecular weight excluding hydrogens is 363 g/mol. The van der Waals surface area contributed by atoms with E-state index >= 15 is 0 Å². The first-order valence-electron chi connectivity index (χ1n) is 5.48. The van der Waals surface area contributed by atoms with Crippen LogP contribution in [0.2, 0.25) is 0 Å². The number of rotatable bonds is 2. The summed E-state index contributed by atoms with van der Waals surface area (Å²) in [5.74, 6) is -1.26. The molecule has 2 rings (SSSR count). The summed E-state index contributed by atoms with van der Waals surface area (Å²) in [6.07, 6.45) is 0. The van der Waals surface area contributed by atoms with E-state index in [0.717, 1.165) is 0 Å². The molecule has 0 aliphatic rings. The fourth-order valence-electron chi connectivity index (χ4n) is 1.68. The topological polar surface area (TPSA) is 20.3 Å². The summed E-state index contributed by atoms with van der Waals surface area (Å²) in [5.41, 5.74) is 0.528. The highest BCUT2D eigenvalue weighted by molar-refractivity contribution is 14.1. The number of nitrogens with zero attached hydrogens (tertiary/aromatic N) is 1. The Morgan fingerprint density at radius 1 is 1.16 bits per heavy atom. The fraction of sp³-hybridized carbons (Fsp3) is 0.0714. The Balaban J connectivity index is 2.37. The maximum Gasteiger partial charge on any atom is 0.259 e. The lowest BCUT2D eigenvalue weighted by molar-refractivity contribution is 0.0991. The van der Waals surface area contributed by atoms with E-state index in [1.54, 1.807) is 12.1 Å². The van der Waals surface area contributed by atoms with Gasteiger partial charge in [-0.15, -0.1) is 0 Å². The number of hydrogen-bond donors (Lipinski definition) is 0. The number of amides is 1. The molecule has 0 radical (unpaired) electrons. The molecule has 0 unspecified atom stereocenters. The highest BCUT2D eigenvalue weighted by Gasteiger charge is 2.18. The van der Waals surface area contributed by atoms with Crippen LogP contribution in [0.25, 0.3) is 0 Å².